The van der Waals surface area contributed by atoms with Gasteiger partial charge in [-0.1, -0.05) is 24.3 Å². The fraction of sp³-hybridized carbons (Fsp3) is 0.286. The summed E-state index contributed by atoms with van der Waals surface area (Å²) in [5, 5.41) is 0. The van der Waals surface area contributed by atoms with Gasteiger partial charge in [0, 0.05) is 16.7 Å². The van der Waals surface area contributed by atoms with Crippen LogP contribution >= 0.6 is 0 Å². The van der Waals surface area contributed by atoms with E-state index in [0.29, 0.717) is 29.7 Å². The van der Waals surface area contributed by atoms with Crippen LogP contribution in [-0.4, -0.2) is 18.2 Å². The van der Waals surface area contributed by atoms with E-state index < -0.39 is 0 Å². The first kappa shape index (κ1) is 10.3. The van der Waals surface area contributed by atoms with Crippen molar-refractivity contribution in [1.82, 2.24) is 0 Å². The van der Waals surface area contributed by atoms with Crippen LogP contribution in [0.15, 0.2) is 35.6 Å². The number of benzene rings is 1. The second-order valence-corrected chi connectivity index (χ2v) is 4.32. The molecule has 17 heavy (non-hydrogen) atoms. The van der Waals surface area contributed by atoms with Crippen LogP contribution < -0.4 is 0 Å². The molecule has 1 aromatic carbocycles. The molecule has 86 valence electrons. The third-order valence-electron chi connectivity index (χ3n) is 3.24. The summed E-state index contributed by atoms with van der Waals surface area (Å²) in [6.45, 7) is 0.528. The average Bonchev–Trinajstić information content (AvgIpc) is 2.62. The fourth-order valence-electron chi connectivity index (χ4n) is 2.36. The highest BCUT2D eigenvalue weighted by atomic mass is 16.5. The second kappa shape index (κ2) is 3.84. The van der Waals surface area contributed by atoms with Crippen molar-refractivity contribution in [3.8, 4) is 0 Å². The molecular weight excluding hydrogens is 216 g/mol. The maximum atomic E-state index is 12.3. The first-order chi connectivity index (χ1) is 8.29. The van der Waals surface area contributed by atoms with Gasteiger partial charge in [-0.05, 0) is 19.3 Å². The molecule has 0 saturated heterocycles. The lowest BCUT2D eigenvalue weighted by Gasteiger charge is -2.18. The molecule has 0 aromatic heterocycles. The quantitative estimate of drug-likeness (QED) is 0.685. The Morgan fingerprint density at radius 1 is 0.941 bits per heavy atom. The van der Waals surface area contributed by atoms with E-state index in [1.54, 1.807) is 24.3 Å². The molecule has 0 saturated carbocycles. The van der Waals surface area contributed by atoms with Gasteiger partial charge in [0.2, 0.25) is 5.78 Å². The topological polar surface area (TPSA) is 43.4 Å². The maximum Gasteiger partial charge on any atom is 0.228 e. The Morgan fingerprint density at radius 3 is 2.41 bits per heavy atom. The number of hydrogen-bond acceptors (Lipinski definition) is 3. The molecule has 3 rings (SSSR count). The largest absolute Gasteiger partial charge is 0.489 e. The normalized spacial score (nSPS) is 19.3. The second-order valence-electron chi connectivity index (χ2n) is 4.32. The van der Waals surface area contributed by atoms with E-state index in [1.807, 2.05) is 0 Å². The Balaban J connectivity index is 2.17. The highest BCUT2D eigenvalue weighted by molar-refractivity contribution is 6.26. The minimum absolute atomic E-state index is 0.0444. The van der Waals surface area contributed by atoms with Crippen molar-refractivity contribution in [2.24, 2.45) is 0 Å². The van der Waals surface area contributed by atoms with Crippen LogP contribution in [0.25, 0.3) is 0 Å². The summed E-state index contributed by atoms with van der Waals surface area (Å²) in [6.07, 6.45) is 2.44. The highest BCUT2D eigenvalue weighted by Gasteiger charge is 2.33. The number of ether oxygens (including phenoxy) is 1. The molecule has 1 aromatic rings. The third-order valence-corrected chi connectivity index (χ3v) is 3.24. The van der Waals surface area contributed by atoms with E-state index in [4.69, 9.17) is 4.74 Å². The molecule has 1 aliphatic carbocycles. The van der Waals surface area contributed by atoms with E-state index in [-0.39, 0.29) is 17.3 Å². The van der Waals surface area contributed by atoms with Crippen molar-refractivity contribution in [2.45, 2.75) is 19.3 Å². The molecule has 0 radical (unpaired) electrons. The van der Waals surface area contributed by atoms with Crippen molar-refractivity contribution in [3.63, 3.8) is 0 Å². The molecule has 0 unspecified atom stereocenters. The van der Waals surface area contributed by atoms with Crippen LogP contribution in [-0.2, 0) is 4.74 Å². The number of ketones is 2. The molecule has 0 spiro atoms. The number of fused-ring (bicyclic) bond motifs is 1. The van der Waals surface area contributed by atoms with Crippen molar-refractivity contribution in [3.05, 3.63) is 46.7 Å². The SMILES string of the molecule is O=C1C2=C(OCCCC2)C(=O)c2ccccc21. The first-order valence-electron chi connectivity index (χ1n) is 5.83. The number of carbonyl (C=O) groups excluding carboxylic acids is 2. The van der Waals surface area contributed by atoms with Crippen molar-refractivity contribution in [2.75, 3.05) is 6.61 Å². The Labute approximate surface area is 99.1 Å². The van der Waals surface area contributed by atoms with Crippen molar-refractivity contribution in [1.29, 1.82) is 0 Å². The molecular formula is C14H12O3. The van der Waals surface area contributed by atoms with Gasteiger partial charge < -0.3 is 4.74 Å². The minimum atomic E-state index is -0.142. The third kappa shape index (κ3) is 1.50. The molecule has 2 aliphatic rings. The Bertz CT molecular complexity index is 493. The fourth-order valence-corrected chi connectivity index (χ4v) is 2.36. The van der Waals surface area contributed by atoms with Gasteiger partial charge in [0.15, 0.2) is 11.5 Å². The van der Waals surface area contributed by atoms with Crippen LogP contribution in [0, 0.1) is 0 Å². The number of allylic oxidation sites excluding steroid dienone is 2. The zero-order valence-corrected chi connectivity index (χ0v) is 9.36. The molecule has 3 heteroatoms. The molecule has 1 aliphatic heterocycles. The van der Waals surface area contributed by atoms with E-state index in [2.05, 4.69) is 0 Å². The molecule has 0 N–H and O–H groups in total. The molecule has 1 heterocycles. The summed E-state index contributed by atoms with van der Waals surface area (Å²) in [6, 6.07) is 6.96. The molecule has 0 fully saturated rings. The van der Waals surface area contributed by atoms with E-state index in [0.717, 1.165) is 12.8 Å². The zero-order valence-electron chi connectivity index (χ0n) is 9.36. The van der Waals surface area contributed by atoms with Gasteiger partial charge >= 0.3 is 0 Å². The predicted octanol–water partition coefficient (Wildman–Crippen LogP) is 2.52. The molecule has 0 bridgehead atoms. The Hall–Kier alpha value is -1.90. The van der Waals surface area contributed by atoms with Crippen LogP contribution in [0.4, 0.5) is 0 Å². The summed E-state index contributed by atoms with van der Waals surface area (Å²) in [5.74, 6) is 0.0976. The maximum absolute atomic E-state index is 12.3. The van der Waals surface area contributed by atoms with Crippen LogP contribution in [0.1, 0.15) is 40.0 Å². The predicted molar refractivity (Wildman–Crippen MR) is 61.9 cm³/mol. The van der Waals surface area contributed by atoms with Gasteiger partial charge in [-0.3, -0.25) is 9.59 Å². The van der Waals surface area contributed by atoms with Gasteiger partial charge in [-0.15, -0.1) is 0 Å². The summed E-state index contributed by atoms with van der Waals surface area (Å²) < 4.78 is 5.46. The monoisotopic (exact) mass is 228 g/mol. The lowest BCUT2D eigenvalue weighted by Crippen LogP contribution is -2.22. The van der Waals surface area contributed by atoms with Gasteiger partial charge in [-0.25, -0.2) is 0 Å². The molecule has 3 nitrogen and oxygen atoms in total. The summed E-state index contributed by atoms with van der Waals surface area (Å²) >= 11 is 0. The first-order valence-corrected chi connectivity index (χ1v) is 5.83. The standard InChI is InChI=1S/C14H12O3/c15-12-9-5-1-2-6-10(9)13(16)14-11(12)7-3-4-8-17-14/h1-2,5-6H,3-4,7-8H2. The van der Waals surface area contributed by atoms with Crippen molar-refractivity contribution >= 4 is 11.6 Å². The highest BCUT2D eigenvalue weighted by Crippen LogP contribution is 2.31. The van der Waals surface area contributed by atoms with Crippen LogP contribution in [0.3, 0.4) is 0 Å². The van der Waals surface area contributed by atoms with Crippen molar-refractivity contribution < 1.29 is 14.3 Å². The summed E-state index contributed by atoms with van der Waals surface area (Å²) in [7, 11) is 0. The zero-order chi connectivity index (χ0) is 11.8. The number of hydrogen-bond donors (Lipinski definition) is 0. The van der Waals surface area contributed by atoms with E-state index in [1.165, 1.54) is 0 Å². The Morgan fingerprint density at radius 2 is 1.65 bits per heavy atom. The minimum Gasteiger partial charge on any atom is -0.489 e. The number of carbonyl (C=O) groups is 2. The molecule has 0 atom stereocenters. The van der Waals surface area contributed by atoms with Crippen LogP contribution in [0.5, 0.6) is 0 Å². The lowest BCUT2D eigenvalue weighted by atomic mass is 9.86. The molecule has 0 amide bonds. The average molecular weight is 228 g/mol. The van der Waals surface area contributed by atoms with E-state index >= 15 is 0 Å². The Kier molecular flexibility index (Phi) is 2.32. The smallest absolute Gasteiger partial charge is 0.228 e. The van der Waals surface area contributed by atoms with Gasteiger partial charge in [0.25, 0.3) is 0 Å². The summed E-state index contributed by atoms with van der Waals surface area (Å²) in [4.78, 5) is 24.5. The lowest BCUT2D eigenvalue weighted by molar-refractivity contribution is 0.0879. The van der Waals surface area contributed by atoms with Crippen LogP contribution in [0.2, 0.25) is 0 Å². The van der Waals surface area contributed by atoms with Gasteiger partial charge in [0.1, 0.15) is 0 Å². The number of rotatable bonds is 0. The number of Topliss-reactive ketones (excluding diaryl/α,β-unsaturated/α-hetero) is 2. The summed E-state index contributed by atoms with van der Waals surface area (Å²) in [5.41, 5.74) is 1.55. The van der Waals surface area contributed by atoms with E-state index in [9.17, 15) is 9.59 Å². The van der Waals surface area contributed by atoms with Gasteiger partial charge in [-0.2, -0.15) is 0 Å². The van der Waals surface area contributed by atoms with Gasteiger partial charge in [0.05, 0.1) is 6.61 Å².